The van der Waals surface area contributed by atoms with E-state index in [2.05, 4.69) is 17.5 Å². The molecule has 0 radical (unpaired) electrons. The van der Waals surface area contributed by atoms with Crippen LogP contribution in [0.1, 0.15) is 44.9 Å². The highest BCUT2D eigenvalue weighted by atomic mass is 16.2. The van der Waals surface area contributed by atoms with Gasteiger partial charge in [-0.05, 0) is 32.1 Å². The minimum Gasteiger partial charge on any atom is -0.340 e. The Labute approximate surface area is 107 Å². The molecule has 3 aliphatic rings. The van der Waals surface area contributed by atoms with Gasteiger partial charge >= 0.3 is 0 Å². The third-order valence-electron chi connectivity index (χ3n) is 4.50. The van der Waals surface area contributed by atoms with Gasteiger partial charge in [0.05, 0.1) is 6.54 Å². The lowest BCUT2D eigenvalue weighted by Gasteiger charge is -2.43. The van der Waals surface area contributed by atoms with Crippen molar-refractivity contribution in [3.63, 3.8) is 0 Å². The number of nitrogens with one attached hydrogen (secondary N) is 1. The summed E-state index contributed by atoms with van der Waals surface area (Å²) < 4.78 is 0. The van der Waals surface area contributed by atoms with Crippen LogP contribution in [-0.4, -0.2) is 34.8 Å². The Morgan fingerprint density at radius 3 is 2.67 bits per heavy atom. The maximum absolute atomic E-state index is 12.7. The van der Waals surface area contributed by atoms with Gasteiger partial charge < -0.3 is 10.2 Å². The van der Waals surface area contributed by atoms with E-state index >= 15 is 0 Å². The Hall–Kier alpha value is -1.32. The summed E-state index contributed by atoms with van der Waals surface area (Å²) in [4.78, 5) is 26.4. The van der Waals surface area contributed by atoms with Crippen LogP contribution >= 0.6 is 0 Å². The van der Waals surface area contributed by atoms with Gasteiger partial charge in [0.15, 0.2) is 0 Å². The number of carbonyl (C=O) groups is 2. The van der Waals surface area contributed by atoms with Gasteiger partial charge in [0.25, 0.3) is 0 Å². The van der Waals surface area contributed by atoms with Gasteiger partial charge in [-0.3, -0.25) is 9.59 Å². The Kier molecular flexibility index (Phi) is 2.88. The van der Waals surface area contributed by atoms with Crippen molar-refractivity contribution in [3.05, 3.63) is 12.2 Å². The summed E-state index contributed by atoms with van der Waals surface area (Å²) in [5.41, 5.74) is -0.559. The number of hydrogen-bond acceptors (Lipinski definition) is 2. The summed E-state index contributed by atoms with van der Waals surface area (Å²) in [5, 5.41) is 2.96. The number of carbonyl (C=O) groups excluding carboxylic acids is 2. The fraction of sp³-hybridized carbons (Fsp3) is 0.714. The highest BCUT2D eigenvalue weighted by Crippen LogP contribution is 2.35. The summed E-state index contributed by atoms with van der Waals surface area (Å²) in [7, 11) is 0. The summed E-state index contributed by atoms with van der Waals surface area (Å²) in [6, 6.07) is 0.228. The molecule has 1 unspecified atom stereocenters. The molecule has 2 aliphatic carbocycles. The van der Waals surface area contributed by atoms with Crippen LogP contribution in [0.2, 0.25) is 0 Å². The molecule has 0 bridgehead atoms. The molecule has 98 valence electrons. The summed E-state index contributed by atoms with van der Waals surface area (Å²) in [6.45, 7) is 0.249. The molecule has 4 nitrogen and oxygen atoms in total. The van der Waals surface area contributed by atoms with Gasteiger partial charge in [-0.2, -0.15) is 0 Å². The molecular formula is C14H20N2O2. The van der Waals surface area contributed by atoms with E-state index in [0.717, 1.165) is 44.9 Å². The van der Waals surface area contributed by atoms with Crippen molar-refractivity contribution in [2.75, 3.05) is 6.54 Å². The first-order valence-electron chi connectivity index (χ1n) is 6.98. The number of amides is 2. The van der Waals surface area contributed by atoms with Crippen LogP contribution in [0.15, 0.2) is 12.2 Å². The zero-order valence-corrected chi connectivity index (χ0v) is 10.7. The molecule has 1 heterocycles. The molecule has 4 heteroatoms. The van der Waals surface area contributed by atoms with Crippen molar-refractivity contribution in [3.8, 4) is 0 Å². The fourth-order valence-corrected chi connectivity index (χ4v) is 3.53. The number of hydrogen-bond donors (Lipinski definition) is 1. The molecule has 0 aromatic heterocycles. The lowest BCUT2D eigenvalue weighted by atomic mass is 9.90. The SMILES string of the molecule is O=C1CN(C2CC=CCC2)C(=O)C2(CCCC2)N1. The van der Waals surface area contributed by atoms with E-state index in [9.17, 15) is 9.59 Å². The molecule has 0 aromatic carbocycles. The van der Waals surface area contributed by atoms with Crippen LogP contribution in [0.4, 0.5) is 0 Å². The van der Waals surface area contributed by atoms with E-state index < -0.39 is 5.54 Å². The van der Waals surface area contributed by atoms with Crippen molar-refractivity contribution in [1.82, 2.24) is 10.2 Å². The highest BCUT2D eigenvalue weighted by Gasteiger charge is 2.49. The van der Waals surface area contributed by atoms with Gasteiger partial charge in [-0.25, -0.2) is 0 Å². The molecular weight excluding hydrogens is 228 g/mol. The Morgan fingerprint density at radius 2 is 2.00 bits per heavy atom. The largest absolute Gasteiger partial charge is 0.340 e. The second-order valence-corrected chi connectivity index (χ2v) is 5.71. The van der Waals surface area contributed by atoms with Crippen molar-refractivity contribution in [2.45, 2.75) is 56.5 Å². The van der Waals surface area contributed by atoms with Crippen LogP contribution in [0.3, 0.4) is 0 Å². The van der Waals surface area contributed by atoms with Crippen LogP contribution in [0.5, 0.6) is 0 Å². The molecule has 1 saturated heterocycles. The summed E-state index contributed by atoms with van der Waals surface area (Å²) in [6.07, 6.45) is 10.9. The molecule has 1 spiro atoms. The molecule has 1 saturated carbocycles. The van der Waals surface area contributed by atoms with Crippen LogP contribution in [0.25, 0.3) is 0 Å². The Morgan fingerprint density at radius 1 is 1.22 bits per heavy atom. The fourth-order valence-electron chi connectivity index (χ4n) is 3.53. The first-order chi connectivity index (χ1) is 8.71. The first-order valence-corrected chi connectivity index (χ1v) is 6.98. The Bertz CT molecular complexity index is 397. The minimum absolute atomic E-state index is 0.0195. The van der Waals surface area contributed by atoms with Crippen molar-refractivity contribution in [1.29, 1.82) is 0 Å². The monoisotopic (exact) mass is 248 g/mol. The average Bonchev–Trinajstić information content (AvgIpc) is 2.84. The highest BCUT2D eigenvalue weighted by molar-refractivity contribution is 5.98. The molecule has 2 amide bonds. The number of rotatable bonds is 1. The molecule has 1 N–H and O–H groups in total. The minimum atomic E-state index is -0.559. The zero-order valence-electron chi connectivity index (χ0n) is 10.7. The number of nitrogens with zero attached hydrogens (tertiary/aromatic N) is 1. The van der Waals surface area contributed by atoms with Gasteiger partial charge in [-0.15, -0.1) is 0 Å². The molecule has 1 aliphatic heterocycles. The zero-order chi connectivity index (χ0) is 12.6. The van der Waals surface area contributed by atoms with E-state index in [1.54, 1.807) is 0 Å². The third kappa shape index (κ3) is 1.84. The van der Waals surface area contributed by atoms with Crippen molar-refractivity contribution >= 4 is 11.8 Å². The standard InChI is InChI=1S/C14H20N2O2/c17-12-10-16(11-6-2-1-3-7-11)13(18)14(15-12)8-4-5-9-14/h1-2,11H,3-10H2,(H,15,17). The van der Waals surface area contributed by atoms with Gasteiger partial charge in [0, 0.05) is 6.04 Å². The van der Waals surface area contributed by atoms with E-state index in [1.807, 2.05) is 4.90 Å². The topological polar surface area (TPSA) is 49.4 Å². The number of piperazine rings is 1. The summed E-state index contributed by atoms with van der Waals surface area (Å²) in [5.74, 6) is 0.186. The predicted octanol–water partition coefficient (Wildman–Crippen LogP) is 1.37. The third-order valence-corrected chi connectivity index (χ3v) is 4.50. The van der Waals surface area contributed by atoms with Gasteiger partial charge in [-0.1, -0.05) is 25.0 Å². The van der Waals surface area contributed by atoms with Crippen molar-refractivity contribution < 1.29 is 9.59 Å². The maximum atomic E-state index is 12.7. The van der Waals surface area contributed by atoms with Gasteiger partial charge in [0.1, 0.15) is 5.54 Å². The second-order valence-electron chi connectivity index (χ2n) is 5.71. The van der Waals surface area contributed by atoms with E-state index in [4.69, 9.17) is 0 Å². The summed E-state index contributed by atoms with van der Waals surface area (Å²) >= 11 is 0. The molecule has 0 aromatic rings. The quantitative estimate of drug-likeness (QED) is 0.712. The lowest BCUT2D eigenvalue weighted by molar-refractivity contribution is -0.152. The van der Waals surface area contributed by atoms with E-state index in [-0.39, 0.29) is 24.4 Å². The maximum Gasteiger partial charge on any atom is 0.249 e. The van der Waals surface area contributed by atoms with Crippen molar-refractivity contribution in [2.24, 2.45) is 0 Å². The first kappa shape index (κ1) is 11.8. The van der Waals surface area contributed by atoms with E-state index in [0.29, 0.717) is 0 Å². The smallest absolute Gasteiger partial charge is 0.249 e. The van der Waals surface area contributed by atoms with Crippen LogP contribution in [-0.2, 0) is 9.59 Å². The van der Waals surface area contributed by atoms with E-state index in [1.165, 1.54) is 0 Å². The molecule has 18 heavy (non-hydrogen) atoms. The molecule has 3 rings (SSSR count). The number of allylic oxidation sites excluding steroid dienone is 1. The lowest BCUT2D eigenvalue weighted by Crippen LogP contribution is -2.67. The van der Waals surface area contributed by atoms with Crippen LogP contribution < -0.4 is 5.32 Å². The second kappa shape index (κ2) is 4.41. The average molecular weight is 248 g/mol. The molecule has 1 atom stereocenters. The normalized spacial score (nSPS) is 30.9. The van der Waals surface area contributed by atoms with Gasteiger partial charge in [0.2, 0.25) is 11.8 Å². The predicted molar refractivity (Wildman–Crippen MR) is 67.8 cm³/mol. The Balaban J connectivity index is 1.83. The molecule has 2 fully saturated rings. The van der Waals surface area contributed by atoms with Crippen LogP contribution in [0, 0.1) is 0 Å².